The van der Waals surface area contributed by atoms with Crippen LogP contribution in [-0.4, -0.2) is 5.75 Å². The van der Waals surface area contributed by atoms with Crippen LogP contribution in [0.2, 0.25) is 0 Å². The first-order valence-electron chi connectivity index (χ1n) is 3.56. The first-order valence-corrected chi connectivity index (χ1v) is 4.55. The van der Waals surface area contributed by atoms with Gasteiger partial charge in [-0.05, 0) is 17.9 Å². The summed E-state index contributed by atoms with van der Waals surface area (Å²) >= 11 is 1.58. The van der Waals surface area contributed by atoms with E-state index in [2.05, 4.69) is 0 Å². The quantitative estimate of drug-likeness (QED) is 0.626. The lowest BCUT2D eigenvalue weighted by Gasteiger charge is -1.89. The lowest BCUT2D eigenvalue weighted by Crippen LogP contribution is -1.96. The summed E-state index contributed by atoms with van der Waals surface area (Å²) in [5.41, 5.74) is 0.113. The zero-order valence-electron chi connectivity index (χ0n) is 6.41. The van der Waals surface area contributed by atoms with Crippen LogP contribution in [0.4, 0.5) is 0 Å². The van der Waals surface area contributed by atoms with Crippen LogP contribution >= 0.6 is 11.8 Å². The lowest BCUT2D eigenvalue weighted by molar-refractivity contribution is 1.39. The van der Waals surface area contributed by atoms with Gasteiger partial charge < -0.3 is 0 Å². The van der Waals surface area contributed by atoms with Crippen LogP contribution in [0.15, 0.2) is 40.0 Å². The average Bonchev–Trinajstić information content (AvgIpc) is 2.18. The van der Waals surface area contributed by atoms with Crippen LogP contribution in [0.3, 0.4) is 0 Å². The van der Waals surface area contributed by atoms with E-state index in [1.807, 2.05) is 25.1 Å². The summed E-state index contributed by atoms with van der Waals surface area (Å²) in [6, 6.07) is 8.97. The van der Waals surface area contributed by atoms with Gasteiger partial charge in [-0.3, -0.25) is 4.79 Å². The van der Waals surface area contributed by atoms with E-state index < -0.39 is 0 Å². The molecular formula is C9H10OS. The van der Waals surface area contributed by atoms with E-state index in [4.69, 9.17) is 0 Å². The van der Waals surface area contributed by atoms with Crippen LogP contribution in [0.5, 0.6) is 0 Å². The number of hydrogen-bond acceptors (Lipinski definition) is 2. The van der Waals surface area contributed by atoms with Gasteiger partial charge in [0.05, 0.1) is 4.90 Å². The summed E-state index contributed by atoms with van der Waals surface area (Å²) < 4.78 is 0. The molecule has 0 bridgehead atoms. The SMILES string of the molecule is CCSc1cccccc1=O. The molecule has 1 aromatic rings. The zero-order chi connectivity index (χ0) is 8.10. The molecule has 0 atom stereocenters. The largest absolute Gasteiger partial charge is 0.289 e. The van der Waals surface area contributed by atoms with Crippen molar-refractivity contribution >= 4 is 11.8 Å². The van der Waals surface area contributed by atoms with E-state index in [0.717, 1.165) is 10.6 Å². The third kappa shape index (κ3) is 2.39. The van der Waals surface area contributed by atoms with Crippen molar-refractivity contribution < 1.29 is 0 Å². The molecule has 0 aliphatic carbocycles. The third-order valence-electron chi connectivity index (χ3n) is 1.26. The molecule has 0 N–H and O–H groups in total. The van der Waals surface area contributed by atoms with Gasteiger partial charge >= 0.3 is 0 Å². The highest BCUT2D eigenvalue weighted by molar-refractivity contribution is 7.99. The van der Waals surface area contributed by atoms with Gasteiger partial charge in [0.15, 0.2) is 5.43 Å². The molecule has 0 unspecified atom stereocenters. The topological polar surface area (TPSA) is 17.1 Å². The van der Waals surface area contributed by atoms with E-state index in [1.165, 1.54) is 0 Å². The molecule has 11 heavy (non-hydrogen) atoms. The minimum atomic E-state index is 0.113. The Balaban J connectivity index is 3.07. The van der Waals surface area contributed by atoms with Crippen molar-refractivity contribution in [1.82, 2.24) is 0 Å². The maximum atomic E-state index is 11.2. The normalized spacial score (nSPS) is 9.55. The summed E-state index contributed by atoms with van der Waals surface area (Å²) in [4.78, 5) is 12.0. The van der Waals surface area contributed by atoms with Gasteiger partial charge in [0.2, 0.25) is 0 Å². The monoisotopic (exact) mass is 166 g/mol. The Bertz CT molecular complexity index is 283. The van der Waals surface area contributed by atoms with Crippen molar-refractivity contribution in [3.05, 3.63) is 40.6 Å². The standard InChI is InChI=1S/C9H10OS/c1-2-11-9-7-5-3-4-6-8(9)10/h3-7H,2H2,1H3. The van der Waals surface area contributed by atoms with Crippen LogP contribution in [-0.2, 0) is 0 Å². The molecule has 0 saturated carbocycles. The van der Waals surface area contributed by atoms with Crippen LogP contribution < -0.4 is 5.43 Å². The predicted octanol–water partition coefficient (Wildman–Crippen LogP) is 2.16. The molecule has 0 aromatic heterocycles. The van der Waals surface area contributed by atoms with Gasteiger partial charge in [-0.25, -0.2) is 0 Å². The number of hydrogen-bond donors (Lipinski definition) is 0. The van der Waals surface area contributed by atoms with Crippen LogP contribution in [0.1, 0.15) is 6.92 Å². The fourth-order valence-corrected chi connectivity index (χ4v) is 1.49. The van der Waals surface area contributed by atoms with Crippen molar-refractivity contribution in [3.63, 3.8) is 0 Å². The molecule has 2 heteroatoms. The second-order valence-corrected chi connectivity index (χ2v) is 3.38. The van der Waals surface area contributed by atoms with Gasteiger partial charge in [-0.15, -0.1) is 11.8 Å². The molecular weight excluding hydrogens is 156 g/mol. The molecule has 0 spiro atoms. The molecule has 1 nitrogen and oxygen atoms in total. The van der Waals surface area contributed by atoms with E-state index >= 15 is 0 Å². The van der Waals surface area contributed by atoms with Crippen molar-refractivity contribution in [3.8, 4) is 0 Å². The summed E-state index contributed by atoms with van der Waals surface area (Å²) in [5, 5.41) is 0. The van der Waals surface area contributed by atoms with Gasteiger partial charge in [0.1, 0.15) is 0 Å². The van der Waals surface area contributed by atoms with Gasteiger partial charge in [-0.2, -0.15) is 0 Å². The Hall–Kier alpha value is -0.760. The lowest BCUT2D eigenvalue weighted by atomic mass is 10.5. The Labute approximate surface area is 70.5 Å². The highest BCUT2D eigenvalue weighted by Gasteiger charge is 1.92. The van der Waals surface area contributed by atoms with Gasteiger partial charge in [0, 0.05) is 0 Å². The van der Waals surface area contributed by atoms with Crippen LogP contribution in [0.25, 0.3) is 0 Å². The summed E-state index contributed by atoms with van der Waals surface area (Å²) in [6.45, 7) is 2.04. The zero-order valence-corrected chi connectivity index (χ0v) is 7.23. The molecule has 58 valence electrons. The summed E-state index contributed by atoms with van der Waals surface area (Å²) in [7, 11) is 0. The minimum absolute atomic E-state index is 0.113. The highest BCUT2D eigenvalue weighted by atomic mass is 32.2. The smallest absolute Gasteiger partial charge is 0.192 e. The molecule has 1 aromatic carbocycles. The summed E-state index contributed by atoms with van der Waals surface area (Å²) in [6.07, 6.45) is 0. The van der Waals surface area contributed by atoms with Gasteiger partial charge in [-0.1, -0.05) is 25.1 Å². The maximum absolute atomic E-state index is 11.2. The maximum Gasteiger partial charge on any atom is 0.192 e. The number of rotatable bonds is 2. The average molecular weight is 166 g/mol. The van der Waals surface area contributed by atoms with E-state index in [0.29, 0.717) is 0 Å². The molecule has 0 aliphatic heterocycles. The Morgan fingerprint density at radius 3 is 2.73 bits per heavy atom. The van der Waals surface area contributed by atoms with E-state index in [-0.39, 0.29) is 5.43 Å². The fraction of sp³-hybridized carbons (Fsp3) is 0.222. The highest BCUT2D eigenvalue weighted by Crippen LogP contribution is 2.10. The molecule has 0 radical (unpaired) electrons. The van der Waals surface area contributed by atoms with Gasteiger partial charge in [0.25, 0.3) is 0 Å². The summed E-state index contributed by atoms with van der Waals surface area (Å²) in [5.74, 6) is 0.944. The second-order valence-electron chi connectivity index (χ2n) is 2.07. The van der Waals surface area contributed by atoms with Crippen molar-refractivity contribution in [2.24, 2.45) is 0 Å². The molecule has 0 aliphatic rings. The molecule has 0 fully saturated rings. The van der Waals surface area contributed by atoms with Crippen molar-refractivity contribution in [1.29, 1.82) is 0 Å². The molecule has 1 rings (SSSR count). The van der Waals surface area contributed by atoms with Crippen molar-refractivity contribution in [2.75, 3.05) is 5.75 Å². The van der Waals surface area contributed by atoms with E-state index in [9.17, 15) is 4.79 Å². The second kappa shape index (κ2) is 4.19. The minimum Gasteiger partial charge on any atom is -0.289 e. The van der Waals surface area contributed by atoms with Crippen LogP contribution in [0, 0.1) is 0 Å². The molecule has 0 amide bonds. The Morgan fingerprint density at radius 1 is 1.27 bits per heavy atom. The third-order valence-corrected chi connectivity index (χ3v) is 2.20. The van der Waals surface area contributed by atoms with Crippen molar-refractivity contribution in [2.45, 2.75) is 11.8 Å². The van der Waals surface area contributed by atoms with E-state index in [1.54, 1.807) is 23.9 Å². The molecule has 0 saturated heterocycles. The Morgan fingerprint density at radius 2 is 2.00 bits per heavy atom. The number of thioether (sulfide) groups is 1. The molecule has 0 heterocycles. The first kappa shape index (κ1) is 8.34. The first-order chi connectivity index (χ1) is 5.34. The predicted molar refractivity (Wildman–Crippen MR) is 49.1 cm³/mol. The Kier molecular flexibility index (Phi) is 3.17. The fourth-order valence-electron chi connectivity index (χ4n) is 0.789.